The van der Waals surface area contributed by atoms with Crippen molar-refractivity contribution in [2.75, 3.05) is 13.2 Å². The fourth-order valence-electron chi connectivity index (χ4n) is 2.59. The molecule has 1 aromatic heterocycles. The second-order valence-electron chi connectivity index (χ2n) is 5.79. The number of nitrogens with zero attached hydrogens (tertiary/aromatic N) is 1. The van der Waals surface area contributed by atoms with Crippen molar-refractivity contribution in [1.29, 1.82) is 0 Å². The van der Waals surface area contributed by atoms with E-state index in [1.165, 1.54) is 6.07 Å². The predicted octanol–water partition coefficient (Wildman–Crippen LogP) is 3.49. The largest absolute Gasteiger partial charge is 0.509 e. The third-order valence-electron chi connectivity index (χ3n) is 4.07. The quantitative estimate of drug-likeness (QED) is 0.490. The zero-order chi connectivity index (χ0) is 18.6. The molecule has 138 valence electrons. The third-order valence-corrected chi connectivity index (χ3v) is 5.01. The average Bonchev–Trinajstić information content (AvgIpc) is 2.62. The number of rotatable bonds is 6. The van der Waals surface area contributed by atoms with Crippen molar-refractivity contribution in [2.45, 2.75) is 37.7 Å². The minimum atomic E-state index is -2.42. The molecule has 1 unspecified atom stereocenters. The SMILES string of the molecule is O=C(COc1nc(Cl)c(Cl)cc1Cl)C(O)(CO)C(O)=C1CCCCC1. The molecule has 3 N–H and O–H groups in total. The molecule has 1 saturated carbocycles. The van der Waals surface area contributed by atoms with E-state index in [1.54, 1.807) is 0 Å². The zero-order valence-electron chi connectivity index (χ0n) is 13.3. The van der Waals surface area contributed by atoms with Crippen LogP contribution in [0.3, 0.4) is 0 Å². The molecule has 1 fully saturated rings. The van der Waals surface area contributed by atoms with Gasteiger partial charge in [0, 0.05) is 0 Å². The van der Waals surface area contributed by atoms with Crippen LogP contribution in [0.2, 0.25) is 15.2 Å². The third kappa shape index (κ3) is 4.57. The zero-order valence-corrected chi connectivity index (χ0v) is 15.5. The maximum atomic E-state index is 12.4. The van der Waals surface area contributed by atoms with Crippen LogP contribution >= 0.6 is 34.8 Å². The standard InChI is InChI=1S/C16H18Cl3NO5/c17-10-6-11(18)15(20-14(10)19)25-7-12(22)16(24,8-21)13(23)9-4-2-1-3-5-9/h6,21,23-24H,1-5,7-8H2. The molecular formula is C16H18Cl3NO5. The summed E-state index contributed by atoms with van der Waals surface area (Å²) in [5.41, 5.74) is -1.85. The minimum Gasteiger partial charge on any atom is -0.509 e. The van der Waals surface area contributed by atoms with E-state index < -0.39 is 30.4 Å². The van der Waals surface area contributed by atoms with Gasteiger partial charge in [0.2, 0.25) is 17.3 Å². The predicted molar refractivity (Wildman–Crippen MR) is 94.5 cm³/mol. The Morgan fingerprint density at radius 2 is 1.84 bits per heavy atom. The van der Waals surface area contributed by atoms with Crippen molar-refractivity contribution in [3.63, 3.8) is 0 Å². The van der Waals surface area contributed by atoms with E-state index in [0.29, 0.717) is 18.4 Å². The number of aromatic nitrogens is 1. The number of hydrogen-bond donors (Lipinski definition) is 3. The summed E-state index contributed by atoms with van der Waals surface area (Å²) in [6.45, 7) is -1.63. The van der Waals surface area contributed by atoms with E-state index in [-0.39, 0.29) is 21.1 Å². The Morgan fingerprint density at radius 1 is 1.20 bits per heavy atom. The summed E-state index contributed by atoms with van der Waals surface area (Å²) in [5.74, 6) is -1.57. The maximum Gasteiger partial charge on any atom is 0.234 e. The van der Waals surface area contributed by atoms with Crippen molar-refractivity contribution in [1.82, 2.24) is 4.98 Å². The lowest BCUT2D eigenvalue weighted by Crippen LogP contribution is -2.47. The fourth-order valence-corrected chi connectivity index (χ4v) is 3.13. The van der Waals surface area contributed by atoms with Crippen molar-refractivity contribution in [2.24, 2.45) is 0 Å². The molecule has 6 nitrogen and oxygen atoms in total. The van der Waals surface area contributed by atoms with Gasteiger partial charge >= 0.3 is 0 Å². The Balaban J connectivity index is 2.15. The van der Waals surface area contributed by atoms with Gasteiger partial charge in [-0.05, 0) is 37.3 Å². The first-order valence-electron chi connectivity index (χ1n) is 7.72. The number of aliphatic hydroxyl groups excluding tert-OH is 2. The van der Waals surface area contributed by atoms with Crippen LogP contribution in [0.5, 0.6) is 5.88 Å². The number of carbonyl (C=O) groups excluding carboxylic acids is 1. The number of allylic oxidation sites excluding steroid dienone is 1. The van der Waals surface area contributed by atoms with Crippen molar-refractivity contribution < 1.29 is 24.9 Å². The normalized spacial score (nSPS) is 17.1. The second-order valence-corrected chi connectivity index (χ2v) is 6.96. The molecule has 0 aliphatic heterocycles. The van der Waals surface area contributed by atoms with Gasteiger partial charge in [-0.25, -0.2) is 0 Å². The lowest BCUT2D eigenvalue weighted by Gasteiger charge is -2.27. The minimum absolute atomic E-state index is 0.0320. The van der Waals surface area contributed by atoms with Crippen molar-refractivity contribution >= 4 is 40.6 Å². The fraction of sp³-hybridized carbons (Fsp3) is 0.500. The highest BCUT2D eigenvalue weighted by Gasteiger charge is 2.42. The van der Waals surface area contributed by atoms with Gasteiger partial charge in [0.05, 0.1) is 11.6 Å². The number of Topliss-reactive ketones (excluding diaryl/α,β-unsaturated/α-hetero) is 1. The van der Waals surface area contributed by atoms with Gasteiger partial charge in [-0.2, -0.15) is 4.98 Å². The molecule has 0 radical (unpaired) electrons. The summed E-state index contributed by atoms with van der Waals surface area (Å²) in [6.07, 6.45) is 3.88. The topological polar surface area (TPSA) is 99.9 Å². The number of ketones is 1. The Labute approximate surface area is 160 Å². The van der Waals surface area contributed by atoms with E-state index in [2.05, 4.69) is 4.98 Å². The summed E-state index contributed by atoms with van der Waals surface area (Å²) < 4.78 is 5.18. The molecule has 2 rings (SSSR count). The van der Waals surface area contributed by atoms with E-state index in [9.17, 15) is 20.1 Å². The molecule has 0 bridgehead atoms. The monoisotopic (exact) mass is 409 g/mol. The maximum absolute atomic E-state index is 12.4. The van der Waals surface area contributed by atoms with Crippen LogP contribution in [0, 0.1) is 0 Å². The Bertz CT molecular complexity index is 687. The lowest BCUT2D eigenvalue weighted by molar-refractivity contribution is -0.142. The van der Waals surface area contributed by atoms with Gasteiger partial charge in [-0.1, -0.05) is 41.2 Å². The summed E-state index contributed by atoms with van der Waals surface area (Å²) in [4.78, 5) is 16.2. The molecule has 1 aliphatic carbocycles. The molecule has 0 saturated heterocycles. The number of ether oxygens (including phenoxy) is 1. The van der Waals surface area contributed by atoms with Crippen LogP contribution in [0.15, 0.2) is 17.4 Å². The first-order chi connectivity index (χ1) is 11.8. The number of halogens is 3. The number of aliphatic hydroxyl groups is 3. The highest BCUT2D eigenvalue weighted by atomic mass is 35.5. The van der Waals surface area contributed by atoms with E-state index >= 15 is 0 Å². The summed E-state index contributed by atoms with van der Waals surface area (Å²) in [7, 11) is 0. The van der Waals surface area contributed by atoms with Crippen LogP contribution < -0.4 is 4.74 Å². The van der Waals surface area contributed by atoms with Crippen LogP contribution in [0.25, 0.3) is 0 Å². The molecule has 0 aromatic carbocycles. The molecule has 1 aliphatic rings. The molecule has 9 heteroatoms. The van der Waals surface area contributed by atoms with E-state index in [1.807, 2.05) is 0 Å². The van der Waals surface area contributed by atoms with Gasteiger partial charge in [0.15, 0.2) is 11.8 Å². The first-order valence-corrected chi connectivity index (χ1v) is 8.85. The molecule has 1 heterocycles. The van der Waals surface area contributed by atoms with Crippen molar-refractivity contribution in [3.8, 4) is 5.88 Å². The van der Waals surface area contributed by atoms with Crippen molar-refractivity contribution in [3.05, 3.63) is 32.6 Å². The van der Waals surface area contributed by atoms with Gasteiger partial charge in [0.1, 0.15) is 10.8 Å². The van der Waals surface area contributed by atoms with Gasteiger partial charge in [-0.15, -0.1) is 0 Å². The molecular weight excluding hydrogens is 393 g/mol. The number of pyridine rings is 1. The van der Waals surface area contributed by atoms with E-state index in [4.69, 9.17) is 39.5 Å². The van der Waals surface area contributed by atoms with Gasteiger partial charge in [-0.3, -0.25) is 4.79 Å². The van der Waals surface area contributed by atoms with E-state index in [0.717, 1.165) is 19.3 Å². The average molecular weight is 411 g/mol. The van der Waals surface area contributed by atoms with Crippen LogP contribution in [0.4, 0.5) is 0 Å². The Kier molecular flexibility index (Phi) is 6.93. The summed E-state index contributed by atoms with van der Waals surface area (Å²) in [5, 5.41) is 30.4. The molecule has 0 amide bonds. The summed E-state index contributed by atoms with van der Waals surface area (Å²) in [6, 6.07) is 1.30. The Morgan fingerprint density at radius 3 is 2.44 bits per heavy atom. The highest BCUT2D eigenvalue weighted by molar-refractivity contribution is 6.42. The molecule has 0 spiro atoms. The highest BCUT2D eigenvalue weighted by Crippen LogP contribution is 2.32. The van der Waals surface area contributed by atoms with Gasteiger partial charge in [0.25, 0.3) is 0 Å². The van der Waals surface area contributed by atoms with Crippen LogP contribution in [-0.4, -0.2) is 44.9 Å². The Hall–Kier alpha value is -1.05. The summed E-state index contributed by atoms with van der Waals surface area (Å²) >= 11 is 17.4. The molecule has 1 aromatic rings. The number of carbonyl (C=O) groups is 1. The first kappa shape index (κ1) is 20.3. The smallest absolute Gasteiger partial charge is 0.234 e. The van der Waals surface area contributed by atoms with Crippen LogP contribution in [-0.2, 0) is 4.79 Å². The number of hydrogen-bond acceptors (Lipinski definition) is 6. The van der Waals surface area contributed by atoms with Gasteiger partial charge < -0.3 is 20.1 Å². The molecule has 25 heavy (non-hydrogen) atoms. The second kappa shape index (κ2) is 8.56. The lowest BCUT2D eigenvalue weighted by atomic mass is 9.87. The molecule has 1 atom stereocenters. The van der Waals surface area contributed by atoms with Crippen LogP contribution in [0.1, 0.15) is 32.1 Å².